The highest BCUT2D eigenvalue weighted by Gasteiger charge is 2.21. The van der Waals surface area contributed by atoms with E-state index in [-0.39, 0.29) is 6.61 Å². The normalized spacial score (nSPS) is 16.3. The van der Waals surface area contributed by atoms with E-state index in [1.54, 1.807) is 12.4 Å². The number of imidazole rings is 1. The Morgan fingerprint density at radius 2 is 1.96 bits per heavy atom. The number of aliphatic hydroxyl groups excluding tert-OH is 1. The zero-order valence-corrected chi connectivity index (χ0v) is 12.6. The van der Waals surface area contributed by atoms with E-state index in [0.717, 1.165) is 42.0 Å². The van der Waals surface area contributed by atoms with Crippen LogP contribution in [-0.2, 0) is 13.2 Å². The average molecular weight is 323 g/mol. The molecule has 1 saturated heterocycles. The number of alkyl halides is 2. The number of nitrogens with zero attached hydrogens (tertiary/aromatic N) is 5. The van der Waals surface area contributed by atoms with E-state index in [4.69, 9.17) is 0 Å². The van der Waals surface area contributed by atoms with E-state index < -0.39 is 6.55 Å². The molecule has 1 aliphatic rings. The predicted octanol–water partition coefficient (Wildman–Crippen LogP) is 1.49. The van der Waals surface area contributed by atoms with Crippen LogP contribution >= 0.6 is 0 Å². The summed E-state index contributed by atoms with van der Waals surface area (Å²) in [5.41, 5.74) is 1.78. The van der Waals surface area contributed by atoms with Gasteiger partial charge >= 0.3 is 6.55 Å². The third kappa shape index (κ3) is 3.48. The number of hydrogen-bond acceptors (Lipinski definition) is 5. The monoisotopic (exact) mass is 323 g/mol. The summed E-state index contributed by atoms with van der Waals surface area (Å²) in [7, 11) is 0. The molecule has 3 rings (SSSR count). The second-order valence-electron chi connectivity index (χ2n) is 5.45. The van der Waals surface area contributed by atoms with Crippen LogP contribution in [0, 0.1) is 0 Å². The van der Waals surface area contributed by atoms with Crippen LogP contribution < -0.4 is 4.90 Å². The number of hydrogen-bond donors (Lipinski definition) is 1. The molecule has 0 aromatic carbocycles. The van der Waals surface area contributed by atoms with Crippen molar-refractivity contribution in [1.82, 2.24) is 19.4 Å². The van der Waals surface area contributed by atoms with Crippen LogP contribution in [0.5, 0.6) is 0 Å². The highest BCUT2D eigenvalue weighted by molar-refractivity contribution is 5.52. The molecule has 23 heavy (non-hydrogen) atoms. The van der Waals surface area contributed by atoms with Gasteiger partial charge in [-0.3, -0.25) is 14.5 Å². The van der Waals surface area contributed by atoms with E-state index in [0.29, 0.717) is 12.4 Å². The smallest absolute Gasteiger partial charge is 0.319 e. The van der Waals surface area contributed by atoms with Gasteiger partial charge in [-0.1, -0.05) is 0 Å². The lowest BCUT2D eigenvalue weighted by Crippen LogP contribution is -2.46. The van der Waals surface area contributed by atoms with Gasteiger partial charge in [0.25, 0.3) is 0 Å². The van der Waals surface area contributed by atoms with E-state index in [1.807, 2.05) is 6.07 Å². The van der Waals surface area contributed by atoms with Gasteiger partial charge in [0.15, 0.2) is 0 Å². The fourth-order valence-electron chi connectivity index (χ4n) is 2.84. The van der Waals surface area contributed by atoms with Crippen LogP contribution in [0.15, 0.2) is 30.9 Å². The molecule has 2 aromatic heterocycles. The molecule has 6 nitrogen and oxygen atoms in total. The molecule has 0 amide bonds. The first-order chi connectivity index (χ1) is 11.2. The SMILES string of the molecule is OCc1cnccc1N1CCN(Cc2nccn2C(F)F)CC1. The Labute approximate surface area is 133 Å². The summed E-state index contributed by atoms with van der Waals surface area (Å²) in [5, 5.41) is 9.40. The summed E-state index contributed by atoms with van der Waals surface area (Å²) in [6, 6.07) is 1.89. The van der Waals surface area contributed by atoms with Crippen LogP contribution in [0.2, 0.25) is 0 Å². The molecule has 0 saturated carbocycles. The van der Waals surface area contributed by atoms with Gasteiger partial charge in [-0.25, -0.2) is 4.98 Å². The van der Waals surface area contributed by atoms with Crippen molar-refractivity contribution in [1.29, 1.82) is 0 Å². The Kier molecular flexibility index (Phi) is 4.82. The standard InChI is InChI=1S/C15H19F2N5O/c16-15(17)22-4-3-19-14(22)10-20-5-7-21(8-6-20)13-1-2-18-9-12(13)11-23/h1-4,9,15,23H,5-8,10-11H2. The Hall–Kier alpha value is -2.06. The Morgan fingerprint density at radius 3 is 2.65 bits per heavy atom. The van der Waals surface area contributed by atoms with Gasteiger partial charge in [0, 0.05) is 62.2 Å². The number of aromatic nitrogens is 3. The van der Waals surface area contributed by atoms with Gasteiger partial charge in [0.1, 0.15) is 5.82 Å². The first-order valence-corrected chi connectivity index (χ1v) is 7.50. The maximum atomic E-state index is 12.8. The van der Waals surface area contributed by atoms with Crippen molar-refractivity contribution in [2.24, 2.45) is 0 Å². The lowest BCUT2D eigenvalue weighted by molar-refractivity contribution is 0.0637. The van der Waals surface area contributed by atoms with Crippen LogP contribution in [0.1, 0.15) is 17.9 Å². The molecule has 3 heterocycles. The molecule has 1 N–H and O–H groups in total. The second kappa shape index (κ2) is 7.01. The lowest BCUT2D eigenvalue weighted by atomic mass is 10.2. The van der Waals surface area contributed by atoms with E-state index >= 15 is 0 Å². The van der Waals surface area contributed by atoms with E-state index in [2.05, 4.69) is 19.8 Å². The van der Waals surface area contributed by atoms with Crippen molar-refractivity contribution in [2.75, 3.05) is 31.1 Å². The average Bonchev–Trinajstić information content (AvgIpc) is 3.04. The fraction of sp³-hybridized carbons (Fsp3) is 0.467. The molecule has 1 aliphatic heterocycles. The molecule has 2 aromatic rings. The summed E-state index contributed by atoms with van der Waals surface area (Å²) in [6.45, 7) is 0.854. The molecule has 0 radical (unpaired) electrons. The maximum absolute atomic E-state index is 12.8. The topological polar surface area (TPSA) is 57.4 Å². The maximum Gasteiger partial charge on any atom is 0.319 e. The number of anilines is 1. The summed E-state index contributed by atoms with van der Waals surface area (Å²) >= 11 is 0. The van der Waals surface area contributed by atoms with Crippen molar-refractivity contribution in [2.45, 2.75) is 19.7 Å². The van der Waals surface area contributed by atoms with E-state index in [1.165, 1.54) is 12.4 Å². The van der Waals surface area contributed by atoms with Crippen LogP contribution in [0.25, 0.3) is 0 Å². The van der Waals surface area contributed by atoms with Crippen molar-refractivity contribution in [3.05, 3.63) is 42.2 Å². The quantitative estimate of drug-likeness (QED) is 0.903. The summed E-state index contributed by atoms with van der Waals surface area (Å²) < 4.78 is 26.6. The van der Waals surface area contributed by atoms with Crippen molar-refractivity contribution in [3.8, 4) is 0 Å². The third-order valence-electron chi connectivity index (χ3n) is 4.09. The Bertz CT molecular complexity index is 640. The highest BCUT2D eigenvalue weighted by Crippen LogP contribution is 2.21. The zero-order valence-electron chi connectivity index (χ0n) is 12.6. The molecule has 0 bridgehead atoms. The van der Waals surface area contributed by atoms with Crippen LogP contribution in [-0.4, -0.2) is 50.7 Å². The summed E-state index contributed by atoms with van der Waals surface area (Å²) in [6.07, 6.45) is 6.09. The highest BCUT2D eigenvalue weighted by atomic mass is 19.3. The summed E-state index contributed by atoms with van der Waals surface area (Å²) in [5.74, 6) is 0.383. The molecule has 124 valence electrons. The fourth-order valence-corrected chi connectivity index (χ4v) is 2.84. The van der Waals surface area contributed by atoms with Gasteiger partial charge in [-0.2, -0.15) is 8.78 Å². The Morgan fingerprint density at radius 1 is 1.17 bits per heavy atom. The van der Waals surface area contributed by atoms with Gasteiger partial charge < -0.3 is 10.0 Å². The molecule has 1 fully saturated rings. The van der Waals surface area contributed by atoms with Gasteiger partial charge in [-0.05, 0) is 6.07 Å². The van der Waals surface area contributed by atoms with Crippen molar-refractivity contribution < 1.29 is 13.9 Å². The van der Waals surface area contributed by atoms with Crippen molar-refractivity contribution in [3.63, 3.8) is 0 Å². The lowest BCUT2D eigenvalue weighted by Gasteiger charge is -2.36. The molecule has 0 spiro atoms. The number of aliphatic hydroxyl groups is 1. The molecule has 8 heteroatoms. The molecule has 0 aliphatic carbocycles. The molecular formula is C15H19F2N5O. The van der Waals surface area contributed by atoms with Crippen LogP contribution in [0.3, 0.4) is 0 Å². The van der Waals surface area contributed by atoms with Crippen molar-refractivity contribution >= 4 is 5.69 Å². The van der Waals surface area contributed by atoms with E-state index in [9.17, 15) is 13.9 Å². The van der Waals surface area contributed by atoms with Gasteiger partial charge in [-0.15, -0.1) is 0 Å². The van der Waals surface area contributed by atoms with Crippen LogP contribution in [0.4, 0.5) is 14.5 Å². The third-order valence-corrected chi connectivity index (χ3v) is 4.09. The minimum absolute atomic E-state index is 0.0464. The first kappa shape index (κ1) is 15.8. The minimum atomic E-state index is -2.56. The number of rotatable bonds is 5. The van der Waals surface area contributed by atoms with Gasteiger partial charge in [0.2, 0.25) is 0 Å². The minimum Gasteiger partial charge on any atom is -0.392 e. The number of piperazine rings is 1. The van der Waals surface area contributed by atoms with Gasteiger partial charge in [0.05, 0.1) is 13.2 Å². The predicted molar refractivity (Wildman–Crippen MR) is 81.1 cm³/mol. The molecular weight excluding hydrogens is 304 g/mol. The first-order valence-electron chi connectivity index (χ1n) is 7.50. The molecule has 0 unspecified atom stereocenters. The number of pyridine rings is 1. The molecule has 0 atom stereocenters. The Balaban J connectivity index is 1.61. The summed E-state index contributed by atoms with van der Waals surface area (Å²) in [4.78, 5) is 12.3. The second-order valence-corrected chi connectivity index (χ2v) is 5.45. The largest absolute Gasteiger partial charge is 0.392 e. The zero-order chi connectivity index (χ0) is 16.2. The number of halogens is 2.